The Morgan fingerprint density at radius 2 is 0.329 bits per heavy atom. The number of hydrogen-bond acceptors (Lipinski definition) is 6. The van der Waals surface area contributed by atoms with E-state index in [1.54, 1.807) is 0 Å². The Kier molecular flexibility index (Phi) is 70.5. The fraction of sp³-hybridized carbons (Fsp3) is 0.961. The lowest BCUT2D eigenvalue weighted by Gasteiger charge is -2.18. The molecule has 488 valence electrons. The molecule has 0 rings (SSSR count). The van der Waals surface area contributed by atoms with Crippen LogP contribution in [0, 0.1) is 0 Å². The summed E-state index contributed by atoms with van der Waals surface area (Å²) >= 11 is 0. The van der Waals surface area contributed by atoms with E-state index in [0.29, 0.717) is 19.3 Å². The van der Waals surface area contributed by atoms with Gasteiger partial charge in [-0.25, -0.2) is 0 Å². The van der Waals surface area contributed by atoms with Crippen molar-refractivity contribution in [2.75, 3.05) is 13.2 Å². The third kappa shape index (κ3) is 69.2. The lowest BCUT2D eigenvalue weighted by Crippen LogP contribution is -2.30. The fourth-order valence-corrected chi connectivity index (χ4v) is 12.2. The summed E-state index contributed by atoms with van der Waals surface area (Å²) in [6.07, 6.45) is 86.4. The maximum Gasteiger partial charge on any atom is 0.306 e. The molecular weight excluding hydrogens is 1010 g/mol. The van der Waals surface area contributed by atoms with E-state index in [9.17, 15) is 14.4 Å². The van der Waals surface area contributed by atoms with Gasteiger partial charge in [0.05, 0.1) is 0 Å². The first-order valence-electron chi connectivity index (χ1n) is 38.0. The second-order valence-corrected chi connectivity index (χ2v) is 26.3. The molecule has 0 radical (unpaired) electrons. The Morgan fingerprint density at radius 1 is 0.195 bits per heavy atom. The molecule has 0 spiro atoms. The van der Waals surface area contributed by atoms with Gasteiger partial charge in [-0.1, -0.05) is 412 Å². The van der Waals surface area contributed by atoms with Crippen LogP contribution in [0.15, 0.2) is 0 Å². The Morgan fingerprint density at radius 3 is 0.488 bits per heavy atom. The molecule has 0 aliphatic heterocycles. The van der Waals surface area contributed by atoms with Gasteiger partial charge in [0.1, 0.15) is 13.2 Å². The van der Waals surface area contributed by atoms with Gasteiger partial charge in [-0.15, -0.1) is 0 Å². The van der Waals surface area contributed by atoms with Crippen molar-refractivity contribution in [2.24, 2.45) is 0 Å². The van der Waals surface area contributed by atoms with E-state index in [2.05, 4.69) is 20.8 Å². The van der Waals surface area contributed by atoms with Crippen molar-refractivity contribution in [1.82, 2.24) is 0 Å². The normalized spacial score (nSPS) is 11.9. The van der Waals surface area contributed by atoms with Crippen LogP contribution in [-0.4, -0.2) is 37.2 Å². The molecule has 0 saturated carbocycles. The second-order valence-electron chi connectivity index (χ2n) is 26.3. The quantitative estimate of drug-likeness (QED) is 0.0343. The molecule has 82 heavy (non-hydrogen) atoms. The first-order chi connectivity index (χ1) is 40.5. The number of hydrogen-bond donors (Lipinski definition) is 0. The van der Waals surface area contributed by atoms with E-state index in [4.69, 9.17) is 14.2 Å². The Labute approximate surface area is 514 Å². The van der Waals surface area contributed by atoms with Gasteiger partial charge >= 0.3 is 17.9 Å². The first kappa shape index (κ1) is 80.4. The number of ether oxygens (including phenoxy) is 3. The van der Waals surface area contributed by atoms with Crippen LogP contribution >= 0.6 is 0 Å². The largest absolute Gasteiger partial charge is 0.462 e. The SMILES string of the molecule is CCCCCCCCCCCCCCCCCCCCCCCCCCCCCCCCCCC(=O)OCC(COC(=O)CCCCCCCC)OC(=O)CCCCCCCCCCCCCCCCCCCCCCCCCCCC. The highest BCUT2D eigenvalue weighted by Crippen LogP contribution is 2.20. The molecule has 6 nitrogen and oxygen atoms in total. The summed E-state index contributed by atoms with van der Waals surface area (Å²) in [4.78, 5) is 38.2. The molecule has 0 aliphatic carbocycles. The fourth-order valence-electron chi connectivity index (χ4n) is 12.2. The molecule has 0 amide bonds. The predicted octanol–water partition coefficient (Wildman–Crippen LogP) is 26.2. The Bertz CT molecular complexity index is 1240. The van der Waals surface area contributed by atoms with Crippen molar-refractivity contribution < 1.29 is 28.6 Å². The van der Waals surface area contributed by atoms with Crippen LogP contribution in [0.2, 0.25) is 0 Å². The van der Waals surface area contributed by atoms with Crippen LogP contribution in [0.4, 0.5) is 0 Å². The van der Waals surface area contributed by atoms with E-state index in [1.807, 2.05) is 0 Å². The highest BCUT2D eigenvalue weighted by Gasteiger charge is 2.20. The van der Waals surface area contributed by atoms with Gasteiger partial charge in [0.15, 0.2) is 6.10 Å². The average molecular weight is 1160 g/mol. The van der Waals surface area contributed by atoms with Gasteiger partial charge in [0.25, 0.3) is 0 Å². The molecule has 0 N–H and O–H groups in total. The summed E-state index contributed by atoms with van der Waals surface area (Å²) < 4.78 is 16.9. The molecule has 0 heterocycles. The molecule has 0 bridgehead atoms. The van der Waals surface area contributed by atoms with Gasteiger partial charge < -0.3 is 14.2 Å². The summed E-state index contributed by atoms with van der Waals surface area (Å²) in [6, 6.07) is 0. The molecule has 0 aromatic rings. The first-order valence-corrected chi connectivity index (χ1v) is 38.0. The molecule has 0 fully saturated rings. The number of carbonyl (C=O) groups excluding carboxylic acids is 3. The number of rotatable bonds is 72. The molecule has 0 aromatic carbocycles. The summed E-state index contributed by atoms with van der Waals surface area (Å²) in [7, 11) is 0. The lowest BCUT2D eigenvalue weighted by molar-refractivity contribution is -0.167. The van der Waals surface area contributed by atoms with Gasteiger partial charge in [-0.3, -0.25) is 14.4 Å². The van der Waals surface area contributed by atoms with Crippen molar-refractivity contribution in [3.63, 3.8) is 0 Å². The Hall–Kier alpha value is -1.59. The maximum atomic E-state index is 12.9. The third-order valence-corrected chi connectivity index (χ3v) is 17.9. The Balaban J connectivity index is 3.89. The van der Waals surface area contributed by atoms with Crippen LogP contribution in [0.3, 0.4) is 0 Å². The lowest BCUT2D eigenvalue weighted by atomic mass is 10.0. The zero-order chi connectivity index (χ0) is 59.2. The molecule has 0 aliphatic rings. The van der Waals surface area contributed by atoms with E-state index >= 15 is 0 Å². The molecule has 1 atom stereocenters. The summed E-state index contributed by atoms with van der Waals surface area (Å²) in [6.45, 7) is 6.68. The third-order valence-electron chi connectivity index (χ3n) is 17.9. The second kappa shape index (κ2) is 71.9. The molecule has 6 heteroatoms. The minimum absolute atomic E-state index is 0.0615. The summed E-state index contributed by atoms with van der Waals surface area (Å²) in [5, 5.41) is 0. The number of carbonyl (C=O) groups is 3. The zero-order valence-corrected chi connectivity index (χ0v) is 56.3. The van der Waals surface area contributed by atoms with Crippen LogP contribution in [0.5, 0.6) is 0 Å². The van der Waals surface area contributed by atoms with E-state index in [0.717, 1.165) is 57.8 Å². The van der Waals surface area contributed by atoms with Gasteiger partial charge in [-0.2, -0.15) is 0 Å². The van der Waals surface area contributed by atoms with Crippen LogP contribution in [-0.2, 0) is 28.6 Å². The van der Waals surface area contributed by atoms with Gasteiger partial charge in [0.2, 0.25) is 0 Å². The zero-order valence-electron chi connectivity index (χ0n) is 56.3. The van der Waals surface area contributed by atoms with Crippen molar-refractivity contribution in [1.29, 1.82) is 0 Å². The van der Waals surface area contributed by atoms with E-state index in [1.165, 1.54) is 353 Å². The highest BCUT2D eigenvalue weighted by molar-refractivity contribution is 5.71. The summed E-state index contributed by atoms with van der Waals surface area (Å²) in [5.41, 5.74) is 0. The predicted molar refractivity (Wildman–Crippen MR) is 358 cm³/mol. The van der Waals surface area contributed by atoms with E-state index < -0.39 is 6.10 Å². The highest BCUT2D eigenvalue weighted by atomic mass is 16.6. The smallest absolute Gasteiger partial charge is 0.306 e. The standard InChI is InChI=1S/C76H148O6/c1-4-7-10-13-16-18-20-22-24-26-28-30-32-34-36-37-38-39-40-41-43-44-46-48-50-52-54-56-58-60-63-66-69-75(78)81-72-73(71-80-74(77)68-65-62-15-12-9-6-3)82-76(79)70-67-64-61-59-57-55-53-51-49-47-45-42-35-33-31-29-27-25-23-21-19-17-14-11-8-5-2/h73H,4-72H2,1-3H3. The number of esters is 3. The monoisotopic (exact) mass is 1160 g/mol. The van der Waals surface area contributed by atoms with Crippen LogP contribution in [0.1, 0.15) is 451 Å². The van der Waals surface area contributed by atoms with Gasteiger partial charge in [0, 0.05) is 19.3 Å². The maximum absolute atomic E-state index is 12.9. The molecule has 1 unspecified atom stereocenters. The molecule has 0 aromatic heterocycles. The van der Waals surface area contributed by atoms with Crippen molar-refractivity contribution >= 4 is 17.9 Å². The molecular formula is C76H148O6. The average Bonchev–Trinajstić information content (AvgIpc) is 3.48. The molecule has 0 saturated heterocycles. The van der Waals surface area contributed by atoms with Crippen LogP contribution < -0.4 is 0 Å². The van der Waals surface area contributed by atoms with E-state index in [-0.39, 0.29) is 31.1 Å². The topological polar surface area (TPSA) is 78.9 Å². The number of unbranched alkanes of at least 4 members (excludes halogenated alkanes) is 61. The summed E-state index contributed by atoms with van der Waals surface area (Å²) in [5.74, 6) is -0.834. The minimum atomic E-state index is -0.762. The van der Waals surface area contributed by atoms with Crippen molar-refractivity contribution in [3.05, 3.63) is 0 Å². The van der Waals surface area contributed by atoms with Crippen molar-refractivity contribution in [2.45, 2.75) is 457 Å². The van der Waals surface area contributed by atoms with Gasteiger partial charge in [-0.05, 0) is 19.3 Å². The minimum Gasteiger partial charge on any atom is -0.462 e. The van der Waals surface area contributed by atoms with Crippen molar-refractivity contribution in [3.8, 4) is 0 Å². The van der Waals surface area contributed by atoms with Crippen LogP contribution in [0.25, 0.3) is 0 Å².